The first-order chi connectivity index (χ1) is 13.2. The van der Waals surface area contributed by atoms with Crippen LogP contribution in [0.15, 0.2) is 28.6 Å². The zero-order chi connectivity index (χ0) is 20.7. The maximum Gasteiger partial charge on any atom is 0.316 e. The van der Waals surface area contributed by atoms with Gasteiger partial charge in [-0.3, -0.25) is 14.9 Å². The molecule has 0 radical (unpaired) electrons. The molecule has 0 aliphatic heterocycles. The smallest absolute Gasteiger partial charge is 0.316 e. The van der Waals surface area contributed by atoms with Crippen LogP contribution >= 0.6 is 23.1 Å². The van der Waals surface area contributed by atoms with Gasteiger partial charge >= 0.3 is 5.97 Å². The van der Waals surface area contributed by atoms with Crippen LogP contribution in [0.2, 0.25) is 0 Å². The van der Waals surface area contributed by atoms with Crippen molar-refractivity contribution in [2.45, 2.75) is 10.9 Å². The van der Waals surface area contributed by atoms with Crippen LogP contribution in [0, 0.1) is 5.82 Å². The van der Waals surface area contributed by atoms with E-state index in [0.29, 0.717) is 4.34 Å². The summed E-state index contributed by atoms with van der Waals surface area (Å²) in [5, 5.41) is 10.2. The van der Waals surface area contributed by atoms with Gasteiger partial charge in [0.2, 0.25) is 21.1 Å². The zero-order valence-electron chi connectivity index (χ0n) is 14.9. The van der Waals surface area contributed by atoms with Crippen LogP contribution in [0.1, 0.15) is 5.56 Å². The molecular weight excluding hydrogens is 431 g/mol. The molecule has 0 saturated carbocycles. The van der Waals surface area contributed by atoms with Crippen molar-refractivity contribution in [3.8, 4) is 0 Å². The molecule has 1 aromatic heterocycles. The van der Waals surface area contributed by atoms with Crippen LogP contribution in [0.25, 0.3) is 0 Å². The molecule has 152 valence electrons. The van der Waals surface area contributed by atoms with Gasteiger partial charge in [-0.1, -0.05) is 41.3 Å². The number of carbonyl (C=O) groups excluding carboxylic acids is 2. The second kappa shape index (κ2) is 9.91. The number of benzene rings is 1. The van der Waals surface area contributed by atoms with Gasteiger partial charge in [0.15, 0.2) is 4.34 Å². The van der Waals surface area contributed by atoms with Gasteiger partial charge in [-0.05, 0) is 6.07 Å². The molecule has 0 aliphatic rings. The van der Waals surface area contributed by atoms with Crippen molar-refractivity contribution in [1.29, 1.82) is 0 Å². The topological polar surface area (TPSA) is 119 Å². The summed E-state index contributed by atoms with van der Waals surface area (Å²) in [5.41, 5.74) is 0.151. The Morgan fingerprint density at radius 2 is 2.04 bits per heavy atom. The molecule has 28 heavy (non-hydrogen) atoms. The first kappa shape index (κ1) is 22.2. The minimum absolute atomic E-state index is 0.0452. The highest BCUT2D eigenvalue weighted by molar-refractivity contribution is 8.01. The van der Waals surface area contributed by atoms with Crippen LogP contribution in [0.3, 0.4) is 0 Å². The summed E-state index contributed by atoms with van der Waals surface area (Å²) in [7, 11) is -2.50. The molecule has 13 heteroatoms. The van der Waals surface area contributed by atoms with Gasteiger partial charge in [0.05, 0.1) is 25.7 Å². The number of carbonyl (C=O) groups is 2. The average molecular weight is 449 g/mol. The molecule has 1 amide bonds. The molecule has 9 nitrogen and oxygen atoms in total. The summed E-state index contributed by atoms with van der Waals surface area (Å²) in [6.07, 6.45) is 0.938. The molecule has 0 fully saturated rings. The zero-order valence-corrected chi connectivity index (χ0v) is 17.4. The number of thioether (sulfide) groups is 1. The first-order valence-electron chi connectivity index (χ1n) is 7.70. The van der Waals surface area contributed by atoms with Crippen LogP contribution < -0.4 is 5.32 Å². The average Bonchev–Trinajstić information content (AvgIpc) is 3.07. The maximum absolute atomic E-state index is 13.8. The van der Waals surface area contributed by atoms with Gasteiger partial charge in [0, 0.05) is 12.1 Å². The van der Waals surface area contributed by atoms with E-state index in [4.69, 9.17) is 0 Å². The lowest BCUT2D eigenvalue weighted by molar-refractivity contribution is -0.137. The van der Waals surface area contributed by atoms with E-state index in [1.165, 1.54) is 25.3 Å². The Morgan fingerprint density at radius 3 is 2.68 bits per heavy atom. The third-order valence-electron chi connectivity index (χ3n) is 3.29. The Hall–Kier alpha value is -2.09. The van der Waals surface area contributed by atoms with E-state index >= 15 is 0 Å². The van der Waals surface area contributed by atoms with Gasteiger partial charge in [-0.25, -0.2) is 12.8 Å². The number of aromatic nitrogens is 2. The number of nitrogens with one attached hydrogen (secondary N) is 1. The quantitative estimate of drug-likeness (QED) is 0.347. The van der Waals surface area contributed by atoms with Crippen molar-refractivity contribution in [3.63, 3.8) is 0 Å². The second-order valence-electron chi connectivity index (χ2n) is 5.41. The summed E-state index contributed by atoms with van der Waals surface area (Å²) >= 11 is 2.12. The minimum atomic E-state index is -3.77. The monoisotopic (exact) mass is 448 g/mol. The molecule has 2 rings (SSSR count). The lowest BCUT2D eigenvalue weighted by Gasteiger charge is -2.19. The molecule has 0 atom stereocenters. The lowest BCUT2D eigenvalue weighted by atomic mass is 10.2. The van der Waals surface area contributed by atoms with Crippen LogP contribution in [0.4, 0.5) is 9.52 Å². The molecule has 0 bridgehead atoms. The second-order valence-corrected chi connectivity index (χ2v) is 9.59. The third kappa shape index (κ3) is 6.82. The van der Waals surface area contributed by atoms with Crippen molar-refractivity contribution in [2.24, 2.45) is 0 Å². The Bertz CT molecular complexity index is 951. The fraction of sp³-hybridized carbons (Fsp3) is 0.333. The molecular formula is C15H17FN4O5S3. The van der Waals surface area contributed by atoms with Crippen molar-refractivity contribution in [3.05, 3.63) is 35.6 Å². The summed E-state index contributed by atoms with van der Waals surface area (Å²) < 4.78 is 43.5. The van der Waals surface area contributed by atoms with Gasteiger partial charge in [0.1, 0.15) is 5.82 Å². The number of nitrogens with zero attached hydrogens (tertiary/aromatic N) is 3. The standard InChI is InChI=1S/C15H17FN4O5S3/c1-25-13(22)9-26-15-19-18-14(27-15)17-12(21)8-20(28(2,23)24)7-10-5-3-4-6-11(10)16/h3-6H,7-9H2,1-2H3,(H,17,18,21). The molecule has 0 unspecified atom stereocenters. The fourth-order valence-electron chi connectivity index (χ4n) is 1.92. The largest absolute Gasteiger partial charge is 0.468 e. The summed E-state index contributed by atoms with van der Waals surface area (Å²) in [6, 6.07) is 5.72. The molecule has 0 spiro atoms. The van der Waals surface area contributed by atoms with E-state index in [-0.39, 0.29) is 23.0 Å². The molecule has 0 saturated heterocycles. The number of sulfonamides is 1. The Balaban J connectivity index is 1.99. The maximum atomic E-state index is 13.8. The SMILES string of the molecule is COC(=O)CSc1nnc(NC(=O)CN(Cc2ccccc2F)S(C)(=O)=O)s1. The number of rotatable bonds is 9. The van der Waals surface area contributed by atoms with Gasteiger partial charge < -0.3 is 4.74 Å². The molecule has 1 heterocycles. The number of hydrogen-bond donors (Lipinski definition) is 1. The molecule has 2 aromatic rings. The van der Waals surface area contributed by atoms with Crippen molar-refractivity contribution in [1.82, 2.24) is 14.5 Å². The van der Waals surface area contributed by atoms with E-state index in [2.05, 4.69) is 20.3 Å². The molecule has 1 N–H and O–H groups in total. The summed E-state index contributed by atoms with van der Waals surface area (Å²) in [6.45, 7) is -0.799. The number of anilines is 1. The number of amides is 1. The summed E-state index contributed by atoms with van der Waals surface area (Å²) in [4.78, 5) is 23.3. The highest BCUT2D eigenvalue weighted by atomic mass is 32.2. The van der Waals surface area contributed by atoms with Gasteiger partial charge in [-0.15, -0.1) is 10.2 Å². The number of halogens is 1. The van der Waals surface area contributed by atoms with E-state index in [9.17, 15) is 22.4 Å². The summed E-state index contributed by atoms with van der Waals surface area (Å²) in [5.74, 6) is -1.60. The molecule has 0 aliphatic carbocycles. The Kier molecular flexibility index (Phi) is 7.86. The van der Waals surface area contributed by atoms with Gasteiger partial charge in [0.25, 0.3) is 0 Å². The van der Waals surface area contributed by atoms with Crippen LogP contribution in [-0.4, -0.2) is 60.5 Å². The lowest BCUT2D eigenvalue weighted by Crippen LogP contribution is -2.37. The first-order valence-corrected chi connectivity index (χ1v) is 11.4. The number of methoxy groups -OCH3 is 1. The van der Waals surface area contributed by atoms with Crippen molar-refractivity contribution < 1.29 is 27.1 Å². The number of hydrogen-bond acceptors (Lipinski definition) is 9. The predicted molar refractivity (Wildman–Crippen MR) is 103 cm³/mol. The van der Waals surface area contributed by atoms with E-state index in [1.54, 1.807) is 6.07 Å². The highest BCUT2D eigenvalue weighted by Gasteiger charge is 2.22. The van der Waals surface area contributed by atoms with Crippen LogP contribution in [-0.2, 0) is 30.9 Å². The van der Waals surface area contributed by atoms with Crippen molar-refractivity contribution >= 4 is 50.1 Å². The van der Waals surface area contributed by atoms with Gasteiger partial charge in [-0.2, -0.15) is 4.31 Å². The van der Waals surface area contributed by atoms with Crippen LogP contribution in [0.5, 0.6) is 0 Å². The predicted octanol–water partition coefficient (Wildman–Crippen LogP) is 1.34. The minimum Gasteiger partial charge on any atom is -0.468 e. The Labute approximate surface area is 169 Å². The number of ether oxygens (including phenoxy) is 1. The number of esters is 1. The Morgan fingerprint density at radius 1 is 1.32 bits per heavy atom. The van der Waals surface area contributed by atoms with E-state index in [0.717, 1.165) is 33.7 Å². The highest BCUT2D eigenvalue weighted by Crippen LogP contribution is 2.25. The van der Waals surface area contributed by atoms with Crippen molar-refractivity contribution in [2.75, 3.05) is 31.0 Å². The van der Waals surface area contributed by atoms with E-state index in [1.807, 2.05) is 0 Å². The van der Waals surface area contributed by atoms with E-state index < -0.39 is 34.3 Å². The normalized spacial score (nSPS) is 11.4. The third-order valence-corrected chi connectivity index (χ3v) is 6.43. The molecule has 1 aromatic carbocycles. The fourth-order valence-corrected chi connectivity index (χ4v) is 4.25.